The first-order chi connectivity index (χ1) is 9.06. The van der Waals surface area contributed by atoms with Gasteiger partial charge < -0.3 is 4.42 Å². The zero-order valence-electron chi connectivity index (χ0n) is 12.0. The highest BCUT2D eigenvalue weighted by Gasteiger charge is 2.16. The Hall–Kier alpha value is -1.83. The fraction of sp³-hybridized carbons (Fsp3) is 0.353. The van der Waals surface area contributed by atoms with E-state index in [4.69, 9.17) is 4.42 Å². The second kappa shape index (κ2) is 5.43. The maximum Gasteiger partial charge on any atom is 0.196 e. The molecule has 0 saturated heterocycles. The predicted octanol–water partition coefficient (Wildman–Crippen LogP) is 4.25. The highest BCUT2D eigenvalue weighted by Crippen LogP contribution is 2.20. The van der Waals surface area contributed by atoms with E-state index >= 15 is 0 Å². The Morgan fingerprint density at radius 2 is 1.74 bits per heavy atom. The number of hydrogen-bond acceptors (Lipinski definition) is 2. The molecule has 0 fully saturated rings. The van der Waals surface area contributed by atoms with Gasteiger partial charge in [0.1, 0.15) is 11.5 Å². The van der Waals surface area contributed by atoms with Gasteiger partial charge in [0.05, 0.1) is 5.56 Å². The molecular weight excluding hydrogens is 236 g/mol. The molecule has 1 heterocycles. The van der Waals surface area contributed by atoms with Gasteiger partial charge in [-0.05, 0) is 49.9 Å². The lowest BCUT2D eigenvalue weighted by molar-refractivity contribution is 0.103. The molecule has 0 bridgehead atoms. The van der Waals surface area contributed by atoms with Crippen LogP contribution in [-0.4, -0.2) is 5.78 Å². The Labute approximate surface area is 114 Å². The summed E-state index contributed by atoms with van der Waals surface area (Å²) in [6.45, 7) is 7.96. The number of benzene rings is 1. The van der Waals surface area contributed by atoms with Gasteiger partial charge in [0.2, 0.25) is 0 Å². The van der Waals surface area contributed by atoms with Crippen LogP contribution in [0.4, 0.5) is 0 Å². The molecule has 0 atom stereocenters. The fourth-order valence-electron chi connectivity index (χ4n) is 2.45. The maximum atomic E-state index is 12.5. The monoisotopic (exact) mass is 256 g/mol. The number of carbonyl (C=O) groups excluding carboxylic acids is 1. The summed E-state index contributed by atoms with van der Waals surface area (Å²) in [4.78, 5) is 12.5. The van der Waals surface area contributed by atoms with Gasteiger partial charge in [-0.1, -0.05) is 26.0 Å². The van der Waals surface area contributed by atoms with Crippen molar-refractivity contribution in [1.29, 1.82) is 0 Å². The van der Waals surface area contributed by atoms with Crippen molar-refractivity contribution in [3.63, 3.8) is 0 Å². The second-order valence-electron chi connectivity index (χ2n) is 4.85. The van der Waals surface area contributed by atoms with Crippen LogP contribution < -0.4 is 0 Å². The number of hydrogen-bond donors (Lipinski definition) is 0. The molecule has 2 heteroatoms. The molecule has 0 aliphatic carbocycles. The van der Waals surface area contributed by atoms with Crippen molar-refractivity contribution in [1.82, 2.24) is 0 Å². The van der Waals surface area contributed by atoms with Gasteiger partial charge in [0.25, 0.3) is 0 Å². The molecule has 1 aromatic heterocycles. The molecule has 0 unspecified atom stereocenters. The van der Waals surface area contributed by atoms with Crippen LogP contribution >= 0.6 is 0 Å². The summed E-state index contributed by atoms with van der Waals surface area (Å²) in [5.41, 5.74) is 3.99. The SMILES string of the molecule is CCc1ccc(C(=O)c2cc(C)oc2C)cc1CC. The van der Waals surface area contributed by atoms with Crippen LogP contribution in [0, 0.1) is 13.8 Å². The minimum Gasteiger partial charge on any atom is -0.466 e. The Kier molecular flexibility index (Phi) is 3.89. The number of rotatable bonds is 4. The summed E-state index contributed by atoms with van der Waals surface area (Å²) in [5.74, 6) is 1.52. The van der Waals surface area contributed by atoms with E-state index in [0.717, 1.165) is 24.2 Å². The Morgan fingerprint density at radius 1 is 1.05 bits per heavy atom. The van der Waals surface area contributed by atoms with Gasteiger partial charge in [-0.3, -0.25) is 4.79 Å². The van der Waals surface area contributed by atoms with E-state index in [2.05, 4.69) is 19.9 Å². The fourth-order valence-corrected chi connectivity index (χ4v) is 2.45. The molecule has 2 rings (SSSR count). The highest BCUT2D eigenvalue weighted by atomic mass is 16.3. The third-order valence-corrected chi connectivity index (χ3v) is 3.52. The Bertz CT molecular complexity index is 606. The largest absolute Gasteiger partial charge is 0.466 e. The smallest absolute Gasteiger partial charge is 0.196 e. The molecule has 0 N–H and O–H groups in total. The van der Waals surface area contributed by atoms with E-state index in [0.29, 0.717) is 11.3 Å². The molecule has 0 saturated carbocycles. The first-order valence-electron chi connectivity index (χ1n) is 6.80. The topological polar surface area (TPSA) is 30.2 Å². The van der Waals surface area contributed by atoms with Gasteiger partial charge in [-0.2, -0.15) is 0 Å². The van der Waals surface area contributed by atoms with Crippen LogP contribution in [-0.2, 0) is 12.8 Å². The lowest BCUT2D eigenvalue weighted by atomic mass is 9.96. The molecule has 2 nitrogen and oxygen atoms in total. The van der Waals surface area contributed by atoms with Crippen molar-refractivity contribution in [3.05, 3.63) is 58.0 Å². The standard InChI is InChI=1S/C17H20O2/c1-5-13-7-8-15(10-14(13)6-2)17(18)16-9-11(3)19-12(16)4/h7-10H,5-6H2,1-4H3. The lowest BCUT2D eigenvalue weighted by Gasteiger charge is -2.08. The van der Waals surface area contributed by atoms with Crippen LogP contribution in [0.3, 0.4) is 0 Å². The van der Waals surface area contributed by atoms with Crippen molar-refractivity contribution in [2.45, 2.75) is 40.5 Å². The molecule has 0 amide bonds. The summed E-state index contributed by atoms with van der Waals surface area (Å²) in [7, 11) is 0. The van der Waals surface area contributed by atoms with Crippen LogP contribution in [0.15, 0.2) is 28.7 Å². The third-order valence-electron chi connectivity index (χ3n) is 3.52. The zero-order valence-corrected chi connectivity index (χ0v) is 12.0. The minimum absolute atomic E-state index is 0.0479. The first-order valence-corrected chi connectivity index (χ1v) is 6.80. The summed E-state index contributed by atoms with van der Waals surface area (Å²) in [6, 6.07) is 7.82. The highest BCUT2D eigenvalue weighted by molar-refractivity contribution is 6.09. The summed E-state index contributed by atoms with van der Waals surface area (Å²) in [5, 5.41) is 0. The van der Waals surface area contributed by atoms with Crippen molar-refractivity contribution in [2.75, 3.05) is 0 Å². The zero-order chi connectivity index (χ0) is 14.0. The average molecular weight is 256 g/mol. The second-order valence-corrected chi connectivity index (χ2v) is 4.85. The van der Waals surface area contributed by atoms with Crippen molar-refractivity contribution in [3.8, 4) is 0 Å². The summed E-state index contributed by atoms with van der Waals surface area (Å²) >= 11 is 0. The average Bonchev–Trinajstić information content (AvgIpc) is 2.76. The Morgan fingerprint density at radius 3 is 2.26 bits per heavy atom. The molecular formula is C17H20O2. The van der Waals surface area contributed by atoms with Crippen LogP contribution in [0.5, 0.6) is 0 Å². The van der Waals surface area contributed by atoms with E-state index in [1.807, 2.05) is 32.0 Å². The lowest BCUT2D eigenvalue weighted by Crippen LogP contribution is -2.03. The maximum absolute atomic E-state index is 12.5. The molecule has 0 spiro atoms. The van der Waals surface area contributed by atoms with Gasteiger partial charge >= 0.3 is 0 Å². The molecule has 1 aromatic carbocycles. The van der Waals surface area contributed by atoms with E-state index in [-0.39, 0.29) is 5.78 Å². The molecule has 100 valence electrons. The van der Waals surface area contributed by atoms with Gasteiger partial charge in [-0.15, -0.1) is 0 Å². The van der Waals surface area contributed by atoms with E-state index in [1.165, 1.54) is 11.1 Å². The van der Waals surface area contributed by atoms with Crippen LogP contribution in [0.2, 0.25) is 0 Å². The quantitative estimate of drug-likeness (QED) is 0.765. The van der Waals surface area contributed by atoms with Gasteiger partial charge in [0, 0.05) is 5.56 Å². The van der Waals surface area contributed by atoms with Crippen LogP contribution in [0.1, 0.15) is 52.4 Å². The number of carbonyl (C=O) groups is 1. The van der Waals surface area contributed by atoms with E-state index in [9.17, 15) is 4.79 Å². The predicted molar refractivity (Wildman–Crippen MR) is 76.8 cm³/mol. The third kappa shape index (κ3) is 2.62. The van der Waals surface area contributed by atoms with E-state index in [1.54, 1.807) is 0 Å². The number of aryl methyl sites for hydroxylation is 4. The summed E-state index contributed by atoms with van der Waals surface area (Å²) < 4.78 is 5.44. The van der Waals surface area contributed by atoms with Crippen molar-refractivity contribution in [2.24, 2.45) is 0 Å². The molecule has 0 aliphatic heterocycles. The van der Waals surface area contributed by atoms with Gasteiger partial charge in [0.15, 0.2) is 5.78 Å². The van der Waals surface area contributed by atoms with Crippen molar-refractivity contribution >= 4 is 5.78 Å². The molecule has 2 aromatic rings. The number of ketones is 1. The van der Waals surface area contributed by atoms with Crippen molar-refractivity contribution < 1.29 is 9.21 Å². The Balaban J connectivity index is 2.42. The van der Waals surface area contributed by atoms with E-state index < -0.39 is 0 Å². The minimum atomic E-state index is 0.0479. The summed E-state index contributed by atoms with van der Waals surface area (Å²) in [6.07, 6.45) is 1.95. The molecule has 0 radical (unpaired) electrons. The normalized spacial score (nSPS) is 10.7. The first kappa shape index (κ1) is 13.6. The molecule has 0 aliphatic rings. The number of furan rings is 1. The van der Waals surface area contributed by atoms with Gasteiger partial charge in [-0.25, -0.2) is 0 Å². The van der Waals surface area contributed by atoms with Crippen LogP contribution in [0.25, 0.3) is 0 Å². The molecule has 19 heavy (non-hydrogen) atoms.